The zero-order valence-corrected chi connectivity index (χ0v) is 13.0. The Bertz CT molecular complexity index is 366. The Labute approximate surface area is 131 Å². The number of hydrogen-bond acceptors (Lipinski definition) is 3. The zero-order chi connectivity index (χ0) is 15.0. The average molecular weight is 320 g/mol. The third-order valence-corrected chi connectivity index (χ3v) is 3.58. The van der Waals surface area contributed by atoms with E-state index in [1.165, 1.54) is 6.42 Å². The van der Waals surface area contributed by atoms with E-state index >= 15 is 0 Å². The van der Waals surface area contributed by atoms with Crippen LogP contribution in [0.4, 0.5) is 0 Å². The van der Waals surface area contributed by atoms with Gasteiger partial charge in [0, 0.05) is 12.5 Å². The normalized spacial score (nSPS) is 16.4. The van der Waals surface area contributed by atoms with E-state index in [9.17, 15) is 9.59 Å². The van der Waals surface area contributed by atoms with Crippen molar-refractivity contribution in [2.45, 2.75) is 51.0 Å². The lowest BCUT2D eigenvalue weighted by molar-refractivity contribution is -0.130. The summed E-state index contributed by atoms with van der Waals surface area (Å²) in [5.41, 5.74) is 15.7. The molecule has 1 fully saturated rings. The van der Waals surface area contributed by atoms with Crippen molar-refractivity contribution in [3.05, 3.63) is 0 Å². The predicted octanol–water partition coefficient (Wildman–Crippen LogP) is 0.0122. The number of aliphatic imine (C=N–C) groups is 1. The fraction of sp³-hybridized carbons (Fsp3) is 0.769. The molecule has 1 aliphatic rings. The number of primary amides is 1. The SMILES string of the molecule is Cl.NC(=O)C(CCCN=C(N)N)NC(=O)C1CCCCC1. The third kappa shape index (κ3) is 7.75. The number of carbonyl (C=O) groups excluding carboxylic acids is 2. The number of amides is 2. The fourth-order valence-corrected chi connectivity index (χ4v) is 2.44. The highest BCUT2D eigenvalue weighted by atomic mass is 35.5. The molecule has 0 spiro atoms. The van der Waals surface area contributed by atoms with Gasteiger partial charge in [0.25, 0.3) is 0 Å². The molecule has 1 atom stereocenters. The molecule has 1 unspecified atom stereocenters. The Balaban J connectivity index is 0.00000400. The highest BCUT2D eigenvalue weighted by molar-refractivity contribution is 5.87. The van der Waals surface area contributed by atoms with E-state index in [2.05, 4.69) is 10.3 Å². The van der Waals surface area contributed by atoms with Crippen LogP contribution in [0.2, 0.25) is 0 Å². The molecule has 8 heteroatoms. The molecule has 0 aromatic rings. The minimum atomic E-state index is -0.640. The van der Waals surface area contributed by atoms with Gasteiger partial charge in [0.15, 0.2) is 5.96 Å². The smallest absolute Gasteiger partial charge is 0.240 e. The maximum absolute atomic E-state index is 12.1. The van der Waals surface area contributed by atoms with Gasteiger partial charge in [0.1, 0.15) is 6.04 Å². The van der Waals surface area contributed by atoms with Crippen molar-refractivity contribution in [3.63, 3.8) is 0 Å². The first-order valence-corrected chi connectivity index (χ1v) is 7.15. The molecule has 1 aliphatic carbocycles. The van der Waals surface area contributed by atoms with Crippen LogP contribution in [0.3, 0.4) is 0 Å². The number of nitrogens with zero attached hydrogens (tertiary/aromatic N) is 1. The number of carbonyl (C=O) groups is 2. The van der Waals surface area contributed by atoms with Crippen LogP contribution in [0.15, 0.2) is 4.99 Å². The van der Waals surface area contributed by atoms with E-state index in [0.717, 1.165) is 25.7 Å². The van der Waals surface area contributed by atoms with E-state index in [1.54, 1.807) is 0 Å². The molecule has 122 valence electrons. The molecule has 7 N–H and O–H groups in total. The van der Waals surface area contributed by atoms with Crippen molar-refractivity contribution >= 4 is 30.2 Å². The van der Waals surface area contributed by atoms with Gasteiger partial charge in [-0.25, -0.2) is 0 Å². The summed E-state index contributed by atoms with van der Waals surface area (Å²) in [6.45, 7) is 0.422. The Hall–Kier alpha value is -1.50. The van der Waals surface area contributed by atoms with Gasteiger partial charge in [-0.05, 0) is 25.7 Å². The van der Waals surface area contributed by atoms with Gasteiger partial charge in [0.2, 0.25) is 11.8 Å². The Morgan fingerprint density at radius 2 is 1.76 bits per heavy atom. The predicted molar refractivity (Wildman–Crippen MR) is 84.9 cm³/mol. The molecule has 1 rings (SSSR count). The van der Waals surface area contributed by atoms with Crippen molar-refractivity contribution in [1.29, 1.82) is 0 Å². The minimum Gasteiger partial charge on any atom is -0.370 e. The summed E-state index contributed by atoms with van der Waals surface area (Å²) < 4.78 is 0. The standard InChI is InChI=1S/C13H25N5O2.ClH/c14-11(19)10(7-4-8-17-13(15)16)18-12(20)9-5-2-1-3-6-9;/h9-10H,1-8H2,(H2,14,19)(H,18,20)(H4,15,16,17);1H. The number of halogens is 1. The number of hydrogen-bond donors (Lipinski definition) is 4. The summed E-state index contributed by atoms with van der Waals surface area (Å²) in [6.07, 6.45) is 6.16. The van der Waals surface area contributed by atoms with Gasteiger partial charge < -0.3 is 22.5 Å². The van der Waals surface area contributed by atoms with Crippen LogP contribution in [0.25, 0.3) is 0 Å². The molecule has 21 heavy (non-hydrogen) atoms. The number of nitrogens with two attached hydrogens (primary N) is 3. The summed E-state index contributed by atoms with van der Waals surface area (Å²) in [5.74, 6) is -0.538. The van der Waals surface area contributed by atoms with E-state index in [1.807, 2.05) is 0 Å². The zero-order valence-electron chi connectivity index (χ0n) is 12.2. The van der Waals surface area contributed by atoms with Crippen LogP contribution in [0, 0.1) is 5.92 Å². The van der Waals surface area contributed by atoms with Gasteiger partial charge in [-0.3, -0.25) is 14.6 Å². The number of nitrogens with one attached hydrogen (secondary N) is 1. The highest BCUT2D eigenvalue weighted by Gasteiger charge is 2.25. The average Bonchev–Trinajstić information content (AvgIpc) is 2.42. The second-order valence-electron chi connectivity index (χ2n) is 5.25. The molecular formula is C13H26ClN5O2. The molecular weight excluding hydrogens is 294 g/mol. The summed E-state index contributed by atoms with van der Waals surface area (Å²) >= 11 is 0. The van der Waals surface area contributed by atoms with E-state index in [-0.39, 0.29) is 30.2 Å². The fourth-order valence-electron chi connectivity index (χ4n) is 2.44. The third-order valence-electron chi connectivity index (χ3n) is 3.58. The van der Waals surface area contributed by atoms with Crippen LogP contribution in [-0.4, -0.2) is 30.4 Å². The van der Waals surface area contributed by atoms with Crippen LogP contribution < -0.4 is 22.5 Å². The van der Waals surface area contributed by atoms with Crippen molar-refractivity contribution in [1.82, 2.24) is 5.32 Å². The number of guanidine groups is 1. The topological polar surface area (TPSA) is 137 Å². The van der Waals surface area contributed by atoms with Crippen molar-refractivity contribution in [3.8, 4) is 0 Å². The molecule has 0 radical (unpaired) electrons. The van der Waals surface area contributed by atoms with Gasteiger partial charge in [-0.1, -0.05) is 19.3 Å². The largest absolute Gasteiger partial charge is 0.370 e. The van der Waals surface area contributed by atoms with Crippen LogP contribution >= 0.6 is 12.4 Å². The first-order chi connectivity index (χ1) is 9.50. The summed E-state index contributed by atoms with van der Waals surface area (Å²) in [6, 6.07) is -0.640. The lowest BCUT2D eigenvalue weighted by atomic mass is 9.88. The molecule has 7 nitrogen and oxygen atoms in total. The van der Waals surface area contributed by atoms with Gasteiger partial charge >= 0.3 is 0 Å². The maximum atomic E-state index is 12.1. The highest BCUT2D eigenvalue weighted by Crippen LogP contribution is 2.23. The lowest BCUT2D eigenvalue weighted by Gasteiger charge is -2.23. The quantitative estimate of drug-likeness (QED) is 0.298. The molecule has 0 aromatic carbocycles. The molecule has 0 aliphatic heterocycles. The lowest BCUT2D eigenvalue weighted by Crippen LogP contribution is -2.47. The maximum Gasteiger partial charge on any atom is 0.240 e. The Kier molecular flexibility index (Phi) is 9.53. The van der Waals surface area contributed by atoms with Crippen molar-refractivity contribution < 1.29 is 9.59 Å². The van der Waals surface area contributed by atoms with E-state index in [0.29, 0.717) is 19.4 Å². The van der Waals surface area contributed by atoms with E-state index < -0.39 is 11.9 Å². The van der Waals surface area contributed by atoms with Gasteiger partial charge in [-0.2, -0.15) is 0 Å². The first-order valence-electron chi connectivity index (χ1n) is 7.15. The molecule has 0 saturated heterocycles. The van der Waals surface area contributed by atoms with Gasteiger partial charge in [0.05, 0.1) is 0 Å². The van der Waals surface area contributed by atoms with Crippen molar-refractivity contribution in [2.24, 2.45) is 28.1 Å². The Morgan fingerprint density at radius 3 is 2.29 bits per heavy atom. The van der Waals surface area contributed by atoms with Crippen LogP contribution in [0.1, 0.15) is 44.9 Å². The molecule has 0 heterocycles. The van der Waals surface area contributed by atoms with Crippen molar-refractivity contribution in [2.75, 3.05) is 6.54 Å². The molecule has 1 saturated carbocycles. The molecule has 2 amide bonds. The number of rotatable bonds is 7. The van der Waals surface area contributed by atoms with Crippen LogP contribution in [-0.2, 0) is 9.59 Å². The molecule has 0 aromatic heterocycles. The first kappa shape index (κ1) is 19.5. The Morgan fingerprint density at radius 1 is 1.14 bits per heavy atom. The second-order valence-corrected chi connectivity index (χ2v) is 5.25. The minimum absolute atomic E-state index is 0. The monoisotopic (exact) mass is 319 g/mol. The van der Waals surface area contributed by atoms with E-state index in [4.69, 9.17) is 17.2 Å². The summed E-state index contributed by atoms with van der Waals surface area (Å²) in [4.78, 5) is 27.3. The van der Waals surface area contributed by atoms with Gasteiger partial charge in [-0.15, -0.1) is 12.4 Å². The summed E-state index contributed by atoms with van der Waals surface area (Å²) in [5, 5.41) is 2.75. The second kappa shape index (κ2) is 10.3. The van der Waals surface area contributed by atoms with Crippen LogP contribution in [0.5, 0.6) is 0 Å². The summed E-state index contributed by atoms with van der Waals surface area (Å²) in [7, 11) is 0. The molecule has 0 bridgehead atoms.